The van der Waals surface area contributed by atoms with Crippen LogP contribution in [0.25, 0.3) is 0 Å². The van der Waals surface area contributed by atoms with Crippen molar-refractivity contribution in [2.45, 2.75) is 26.7 Å². The van der Waals surface area contributed by atoms with Gasteiger partial charge in [-0.05, 0) is 36.3 Å². The third-order valence-electron chi connectivity index (χ3n) is 2.86. The topological polar surface area (TPSA) is 12.9 Å². The van der Waals surface area contributed by atoms with Crippen molar-refractivity contribution in [2.24, 2.45) is 11.8 Å². The number of hydrogen-bond donors (Lipinski definition) is 0. The van der Waals surface area contributed by atoms with Gasteiger partial charge in [0.25, 0.3) is 0 Å². The third kappa shape index (κ3) is 1.24. The lowest BCUT2D eigenvalue weighted by atomic mass is 9.93. The molecule has 1 atom stereocenters. The summed E-state index contributed by atoms with van der Waals surface area (Å²) in [6.07, 6.45) is 4.33. The molecule has 0 aliphatic heterocycles. The van der Waals surface area contributed by atoms with Gasteiger partial charge in [0.2, 0.25) is 0 Å². The van der Waals surface area contributed by atoms with Crippen molar-refractivity contribution in [1.82, 2.24) is 4.98 Å². The summed E-state index contributed by atoms with van der Waals surface area (Å²) in [5.41, 5.74) is 2.80. The molecule has 64 valence electrons. The fourth-order valence-electron chi connectivity index (χ4n) is 1.92. The molecule has 1 heterocycles. The molecule has 0 fully saturated rings. The molecule has 0 amide bonds. The molecule has 0 spiro atoms. The first-order chi connectivity index (χ1) is 5.77. The van der Waals surface area contributed by atoms with Gasteiger partial charge in [0.1, 0.15) is 0 Å². The van der Waals surface area contributed by atoms with E-state index in [1.54, 1.807) is 0 Å². The Bertz CT molecular complexity index is 253. The summed E-state index contributed by atoms with van der Waals surface area (Å²) in [4.78, 5) is 4.39. The van der Waals surface area contributed by atoms with Crippen LogP contribution in [0.2, 0.25) is 0 Å². The minimum atomic E-state index is 0.791. The highest BCUT2D eigenvalue weighted by Gasteiger charge is 2.24. The van der Waals surface area contributed by atoms with Crippen LogP contribution in [0.3, 0.4) is 0 Å². The van der Waals surface area contributed by atoms with E-state index in [1.165, 1.54) is 24.1 Å². The van der Waals surface area contributed by atoms with Crippen molar-refractivity contribution >= 4 is 0 Å². The maximum Gasteiger partial charge on any atom is 0.0438 e. The number of pyridine rings is 1. The van der Waals surface area contributed by atoms with Crippen LogP contribution in [-0.4, -0.2) is 4.98 Å². The summed E-state index contributed by atoms with van der Waals surface area (Å²) in [6.45, 7) is 4.60. The van der Waals surface area contributed by atoms with Crippen molar-refractivity contribution in [3.8, 4) is 0 Å². The zero-order chi connectivity index (χ0) is 8.55. The van der Waals surface area contributed by atoms with E-state index < -0.39 is 0 Å². The summed E-state index contributed by atoms with van der Waals surface area (Å²) in [6, 6.07) is 4.26. The van der Waals surface area contributed by atoms with E-state index in [-0.39, 0.29) is 0 Å². The number of aromatic nitrogens is 1. The van der Waals surface area contributed by atoms with Crippen molar-refractivity contribution in [3.05, 3.63) is 29.6 Å². The summed E-state index contributed by atoms with van der Waals surface area (Å²) in [5, 5.41) is 0. The second kappa shape index (κ2) is 2.89. The summed E-state index contributed by atoms with van der Waals surface area (Å²) >= 11 is 0. The zero-order valence-corrected chi connectivity index (χ0v) is 7.75. The van der Waals surface area contributed by atoms with Crippen LogP contribution in [0.15, 0.2) is 18.3 Å². The van der Waals surface area contributed by atoms with Gasteiger partial charge >= 0.3 is 0 Å². The van der Waals surface area contributed by atoms with Gasteiger partial charge in [-0.15, -0.1) is 0 Å². The molecule has 2 rings (SSSR count). The Morgan fingerprint density at radius 2 is 2.25 bits per heavy atom. The van der Waals surface area contributed by atoms with Gasteiger partial charge in [0, 0.05) is 11.9 Å². The van der Waals surface area contributed by atoms with Gasteiger partial charge in [-0.3, -0.25) is 4.98 Å². The Balaban J connectivity index is 2.22. The molecule has 0 saturated heterocycles. The first kappa shape index (κ1) is 7.78. The molecule has 1 aliphatic carbocycles. The first-order valence-corrected chi connectivity index (χ1v) is 4.70. The van der Waals surface area contributed by atoms with Crippen molar-refractivity contribution in [1.29, 1.82) is 0 Å². The van der Waals surface area contributed by atoms with E-state index in [1.807, 2.05) is 12.3 Å². The van der Waals surface area contributed by atoms with Crippen LogP contribution in [0.4, 0.5) is 0 Å². The van der Waals surface area contributed by atoms with Crippen molar-refractivity contribution in [2.75, 3.05) is 0 Å². The smallest absolute Gasteiger partial charge is 0.0438 e. The Morgan fingerprint density at radius 3 is 2.92 bits per heavy atom. The largest absolute Gasteiger partial charge is 0.261 e. The molecule has 1 nitrogen and oxygen atoms in total. The molecule has 1 aromatic rings. The maximum absolute atomic E-state index is 4.39. The van der Waals surface area contributed by atoms with Crippen LogP contribution in [0.5, 0.6) is 0 Å². The van der Waals surface area contributed by atoms with E-state index >= 15 is 0 Å². The zero-order valence-electron chi connectivity index (χ0n) is 7.75. The van der Waals surface area contributed by atoms with Crippen molar-refractivity contribution < 1.29 is 0 Å². The van der Waals surface area contributed by atoms with Crippen LogP contribution in [0, 0.1) is 11.8 Å². The molecule has 0 radical (unpaired) electrons. The highest BCUT2D eigenvalue weighted by Crippen LogP contribution is 2.29. The maximum atomic E-state index is 4.39. The quantitative estimate of drug-likeness (QED) is 0.616. The average molecular weight is 161 g/mol. The molecule has 1 heteroatoms. The number of fused-ring (bicyclic) bond motifs is 1. The normalized spacial score (nSPS) is 21.4. The van der Waals surface area contributed by atoms with Gasteiger partial charge in [-0.2, -0.15) is 0 Å². The monoisotopic (exact) mass is 161 g/mol. The van der Waals surface area contributed by atoms with Crippen LogP contribution < -0.4 is 0 Å². The number of nitrogens with zero attached hydrogens (tertiary/aromatic N) is 1. The lowest BCUT2D eigenvalue weighted by molar-refractivity contribution is 0.402. The highest BCUT2D eigenvalue weighted by atomic mass is 14.7. The Morgan fingerprint density at radius 1 is 1.42 bits per heavy atom. The molecular formula is C11H15N. The van der Waals surface area contributed by atoms with Gasteiger partial charge in [0.15, 0.2) is 0 Å². The Labute approximate surface area is 73.8 Å². The Kier molecular flexibility index (Phi) is 1.87. The Hall–Kier alpha value is -0.850. The molecule has 0 aromatic carbocycles. The highest BCUT2D eigenvalue weighted by molar-refractivity contribution is 5.25. The lowest BCUT2D eigenvalue weighted by Gasteiger charge is -2.11. The van der Waals surface area contributed by atoms with Gasteiger partial charge < -0.3 is 0 Å². The predicted octanol–water partition coefficient (Wildman–Crippen LogP) is 2.45. The summed E-state index contributed by atoms with van der Waals surface area (Å²) < 4.78 is 0. The van der Waals surface area contributed by atoms with Gasteiger partial charge in [-0.1, -0.05) is 19.9 Å². The number of rotatable bonds is 1. The second-order valence-corrected chi connectivity index (χ2v) is 4.02. The van der Waals surface area contributed by atoms with E-state index in [0.717, 1.165) is 11.8 Å². The second-order valence-electron chi connectivity index (χ2n) is 4.02. The SMILES string of the molecule is CC(C)[C@H]1Cc2cccnc2C1. The summed E-state index contributed by atoms with van der Waals surface area (Å²) in [5.74, 6) is 1.62. The standard InChI is InChI=1S/C11H15N/c1-8(2)10-6-9-4-3-5-12-11(9)7-10/h3-5,8,10H,6-7H2,1-2H3/t10-/m0/s1. The molecule has 12 heavy (non-hydrogen) atoms. The molecule has 1 aromatic heterocycles. The van der Waals surface area contributed by atoms with E-state index in [2.05, 4.69) is 24.9 Å². The van der Waals surface area contributed by atoms with Crippen LogP contribution >= 0.6 is 0 Å². The fraction of sp³-hybridized carbons (Fsp3) is 0.545. The van der Waals surface area contributed by atoms with Gasteiger partial charge in [0.05, 0.1) is 0 Å². The van der Waals surface area contributed by atoms with Crippen molar-refractivity contribution in [3.63, 3.8) is 0 Å². The molecule has 0 N–H and O–H groups in total. The lowest BCUT2D eigenvalue weighted by Crippen LogP contribution is -2.07. The number of hydrogen-bond acceptors (Lipinski definition) is 1. The average Bonchev–Trinajstić information content (AvgIpc) is 2.46. The minimum absolute atomic E-state index is 0.791. The molecular weight excluding hydrogens is 146 g/mol. The molecule has 0 unspecified atom stereocenters. The fourth-order valence-corrected chi connectivity index (χ4v) is 1.92. The van der Waals surface area contributed by atoms with Crippen LogP contribution in [0.1, 0.15) is 25.1 Å². The van der Waals surface area contributed by atoms with E-state index in [4.69, 9.17) is 0 Å². The van der Waals surface area contributed by atoms with E-state index in [0.29, 0.717) is 0 Å². The first-order valence-electron chi connectivity index (χ1n) is 4.70. The van der Waals surface area contributed by atoms with Gasteiger partial charge in [-0.25, -0.2) is 0 Å². The van der Waals surface area contributed by atoms with E-state index in [9.17, 15) is 0 Å². The minimum Gasteiger partial charge on any atom is -0.261 e. The summed E-state index contributed by atoms with van der Waals surface area (Å²) in [7, 11) is 0. The third-order valence-corrected chi connectivity index (χ3v) is 2.86. The molecule has 0 saturated carbocycles. The molecule has 1 aliphatic rings. The van der Waals surface area contributed by atoms with Crippen LogP contribution in [-0.2, 0) is 12.8 Å². The predicted molar refractivity (Wildman–Crippen MR) is 50.0 cm³/mol. The molecule has 0 bridgehead atoms.